The van der Waals surface area contributed by atoms with Crippen LogP contribution in [0.4, 0.5) is 0 Å². The lowest BCUT2D eigenvalue weighted by Crippen LogP contribution is -1.93. The molecule has 0 saturated heterocycles. The summed E-state index contributed by atoms with van der Waals surface area (Å²) in [6.07, 6.45) is 6.96. The van der Waals surface area contributed by atoms with Crippen LogP contribution in [0.3, 0.4) is 0 Å². The van der Waals surface area contributed by atoms with Crippen LogP contribution in [-0.2, 0) is 7.05 Å². The van der Waals surface area contributed by atoms with E-state index in [-0.39, 0.29) is 5.78 Å². The maximum Gasteiger partial charge on any atom is 0.185 e. The fourth-order valence-electron chi connectivity index (χ4n) is 2.14. The molecule has 0 radical (unpaired) electrons. The van der Waals surface area contributed by atoms with Crippen molar-refractivity contribution in [1.29, 1.82) is 0 Å². The van der Waals surface area contributed by atoms with Crippen LogP contribution in [0.5, 0.6) is 0 Å². The predicted octanol–water partition coefficient (Wildman–Crippen LogP) is 3.47. The lowest BCUT2D eigenvalue weighted by Gasteiger charge is -2.00. The summed E-state index contributed by atoms with van der Waals surface area (Å²) in [6, 6.07) is 13.8. The second-order valence-electron chi connectivity index (χ2n) is 4.71. The van der Waals surface area contributed by atoms with Crippen molar-refractivity contribution in [2.45, 2.75) is 0 Å². The summed E-state index contributed by atoms with van der Waals surface area (Å²) >= 11 is 0. The molecule has 1 heterocycles. The number of ketones is 1. The minimum Gasteiger partial charge on any atom is -0.289 e. The zero-order valence-corrected chi connectivity index (χ0v) is 11.2. The van der Waals surface area contributed by atoms with Gasteiger partial charge in [-0.25, -0.2) is 0 Å². The normalized spacial score (nSPS) is 11.2. The summed E-state index contributed by atoms with van der Waals surface area (Å²) in [6.45, 7) is 0. The van der Waals surface area contributed by atoms with E-state index in [1.54, 1.807) is 23.0 Å². The Bertz CT molecular complexity index is 799. The summed E-state index contributed by atoms with van der Waals surface area (Å²) in [7, 11) is 1.85. The Morgan fingerprint density at radius 1 is 1.15 bits per heavy atom. The maximum absolute atomic E-state index is 12.2. The summed E-state index contributed by atoms with van der Waals surface area (Å²) in [5.74, 6) is -0.000365. The number of allylic oxidation sites excluding steroid dienone is 1. The minimum absolute atomic E-state index is 0.000365. The SMILES string of the molecule is Cn1cc(C=CC(=O)c2ccc3ccccc3c2)cn1. The molecule has 0 atom stereocenters. The third-order valence-electron chi connectivity index (χ3n) is 3.19. The van der Waals surface area contributed by atoms with Crippen molar-refractivity contribution in [3.8, 4) is 0 Å². The topological polar surface area (TPSA) is 34.9 Å². The largest absolute Gasteiger partial charge is 0.289 e. The van der Waals surface area contributed by atoms with Gasteiger partial charge in [0.2, 0.25) is 0 Å². The first-order chi connectivity index (χ1) is 9.72. The Morgan fingerprint density at radius 2 is 1.95 bits per heavy atom. The van der Waals surface area contributed by atoms with E-state index >= 15 is 0 Å². The standard InChI is InChI=1S/C17H14N2O/c1-19-12-13(11-18-19)6-9-17(20)16-8-7-14-4-2-3-5-15(14)10-16/h2-12H,1H3. The molecule has 0 amide bonds. The highest BCUT2D eigenvalue weighted by atomic mass is 16.1. The van der Waals surface area contributed by atoms with E-state index in [1.807, 2.05) is 55.7 Å². The number of benzene rings is 2. The number of carbonyl (C=O) groups is 1. The molecule has 20 heavy (non-hydrogen) atoms. The van der Waals surface area contributed by atoms with Crippen molar-refractivity contribution >= 4 is 22.6 Å². The van der Waals surface area contributed by atoms with Gasteiger partial charge in [-0.3, -0.25) is 9.48 Å². The van der Waals surface area contributed by atoms with Crippen molar-refractivity contribution in [3.63, 3.8) is 0 Å². The van der Waals surface area contributed by atoms with Crippen molar-refractivity contribution < 1.29 is 4.79 Å². The highest BCUT2D eigenvalue weighted by molar-refractivity contribution is 6.08. The first-order valence-corrected chi connectivity index (χ1v) is 6.42. The number of nitrogens with zero attached hydrogens (tertiary/aromatic N) is 2. The van der Waals surface area contributed by atoms with E-state index in [0.29, 0.717) is 5.56 Å². The van der Waals surface area contributed by atoms with Crippen molar-refractivity contribution in [3.05, 3.63) is 72.1 Å². The van der Waals surface area contributed by atoms with Crippen LogP contribution in [0, 0.1) is 0 Å². The molecule has 0 saturated carbocycles. The molecule has 3 rings (SSSR count). The van der Waals surface area contributed by atoms with Gasteiger partial charge in [0.15, 0.2) is 5.78 Å². The van der Waals surface area contributed by atoms with Gasteiger partial charge in [-0.05, 0) is 29.0 Å². The highest BCUT2D eigenvalue weighted by Crippen LogP contribution is 2.16. The van der Waals surface area contributed by atoms with Crippen molar-refractivity contribution in [2.24, 2.45) is 7.05 Å². The molecule has 3 nitrogen and oxygen atoms in total. The molecular formula is C17H14N2O. The van der Waals surface area contributed by atoms with E-state index in [4.69, 9.17) is 0 Å². The number of hydrogen-bond donors (Lipinski definition) is 0. The summed E-state index contributed by atoms with van der Waals surface area (Å²) < 4.78 is 1.71. The van der Waals surface area contributed by atoms with E-state index in [2.05, 4.69) is 5.10 Å². The van der Waals surface area contributed by atoms with E-state index in [0.717, 1.165) is 16.3 Å². The Labute approximate surface area is 117 Å². The van der Waals surface area contributed by atoms with Crippen LogP contribution in [0.2, 0.25) is 0 Å². The number of carbonyl (C=O) groups excluding carboxylic acids is 1. The van der Waals surface area contributed by atoms with Crippen LogP contribution in [0.15, 0.2) is 60.9 Å². The zero-order valence-electron chi connectivity index (χ0n) is 11.2. The van der Waals surface area contributed by atoms with E-state index in [1.165, 1.54) is 0 Å². The van der Waals surface area contributed by atoms with Gasteiger partial charge in [-0.1, -0.05) is 36.4 Å². The first-order valence-electron chi connectivity index (χ1n) is 6.42. The van der Waals surface area contributed by atoms with E-state index in [9.17, 15) is 4.79 Å². The summed E-state index contributed by atoms with van der Waals surface area (Å²) in [5.41, 5.74) is 1.62. The summed E-state index contributed by atoms with van der Waals surface area (Å²) in [5, 5.41) is 6.28. The Balaban J connectivity index is 1.86. The van der Waals surface area contributed by atoms with Gasteiger partial charge in [0.25, 0.3) is 0 Å². The number of fused-ring (bicyclic) bond motifs is 1. The lowest BCUT2D eigenvalue weighted by molar-refractivity contribution is 0.104. The molecule has 0 fully saturated rings. The van der Waals surface area contributed by atoms with Crippen LogP contribution in [-0.4, -0.2) is 15.6 Å². The molecular weight excluding hydrogens is 248 g/mol. The van der Waals surface area contributed by atoms with Gasteiger partial charge in [-0.15, -0.1) is 0 Å². The minimum atomic E-state index is -0.000365. The second kappa shape index (κ2) is 5.13. The van der Waals surface area contributed by atoms with Gasteiger partial charge in [0, 0.05) is 24.4 Å². The number of hydrogen-bond acceptors (Lipinski definition) is 2. The summed E-state index contributed by atoms with van der Waals surface area (Å²) in [4.78, 5) is 12.2. The number of aromatic nitrogens is 2. The molecule has 2 aromatic carbocycles. The van der Waals surface area contributed by atoms with Crippen molar-refractivity contribution in [2.75, 3.05) is 0 Å². The molecule has 98 valence electrons. The second-order valence-corrected chi connectivity index (χ2v) is 4.71. The Kier molecular flexibility index (Phi) is 3.17. The molecule has 0 N–H and O–H groups in total. The molecule has 0 aliphatic carbocycles. The van der Waals surface area contributed by atoms with Gasteiger partial charge >= 0.3 is 0 Å². The van der Waals surface area contributed by atoms with Gasteiger partial charge in [-0.2, -0.15) is 5.10 Å². The third-order valence-corrected chi connectivity index (χ3v) is 3.19. The average molecular weight is 262 g/mol. The molecule has 0 unspecified atom stereocenters. The number of rotatable bonds is 3. The van der Waals surface area contributed by atoms with Gasteiger partial charge in [0.05, 0.1) is 6.20 Å². The maximum atomic E-state index is 12.2. The Hall–Kier alpha value is -2.68. The predicted molar refractivity (Wildman–Crippen MR) is 80.5 cm³/mol. The fraction of sp³-hybridized carbons (Fsp3) is 0.0588. The van der Waals surface area contributed by atoms with Gasteiger partial charge in [0.1, 0.15) is 0 Å². The van der Waals surface area contributed by atoms with Crippen LogP contribution in [0.25, 0.3) is 16.8 Å². The molecule has 0 aliphatic heterocycles. The highest BCUT2D eigenvalue weighted by Gasteiger charge is 2.03. The molecule has 1 aromatic heterocycles. The monoisotopic (exact) mass is 262 g/mol. The van der Waals surface area contributed by atoms with E-state index < -0.39 is 0 Å². The first kappa shape index (κ1) is 12.4. The smallest absolute Gasteiger partial charge is 0.185 e. The van der Waals surface area contributed by atoms with Crippen LogP contribution >= 0.6 is 0 Å². The number of aryl methyl sites for hydroxylation is 1. The van der Waals surface area contributed by atoms with Crippen LogP contribution < -0.4 is 0 Å². The quantitative estimate of drug-likeness (QED) is 0.535. The average Bonchev–Trinajstić information content (AvgIpc) is 2.90. The molecule has 0 spiro atoms. The lowest BCUT2D eigenvalue weighted by atomic mass is 10.0. The molecule has 3 aromatic rings. The molecule has 0 aliphatic rings. The van der Waals surface area contributed by atoms with Crippen molar-refractivity contribution in [1.82, 2.24) is 9.78 Å². The zero-order chi connectivity index (χ0) is 13.9. The molecule has 0 bridgehead atoms. The molecule has 3 heteroatoms. The van der Waals surface area contributed by atoms with Crippen LogP contribution in [0.1, 0.15) is 15.9 Å². The Morgan fingerprint density at radius 3 is 2.70 bits per heavy atom. The van der Waals surface area contributed by atoms with Gasteiger partial charge < -0.3 is 0 Å². The fourth-order valence-corrected chi connectivity index (χ4v) is 2.14. The third kappa shape index (κ3) is 2.52.